The van der Waals surface area contributed by atoms with Crippen LogP contribution >= 0.6 is 0 Å². The molecule has 1 unspecified atom stereocenters. The van der Waals surface area contributed by atoms with Crippen LogP contribution in [0.1, 0.15) is 57.1 Å². The van der Waals surface area contributed by atoms with Crippen molar-refractivity contribution in [1.82, 2.24) is 0 Å². The number of nitrogens with two attached hydrogens (primary N) is 1. The van der Waals surface area contributed by atoms with Crippen LogP contribution in [-0.2, 0) is 5.60 Å². The molecule has 0 aromatic heterocycles. The summed E-state index contributed by atoms with van der Waals surface area (Å²) in [5, 5.41) is 11.9. The van der Waals surface area contributed by atoms with Gasteiger partial charge < -0.3 is 20.3 Å². The molecule has 0 saturated heterocycles. The van der Waals surface area contributed by atoms with Crippen molar-refractivity contribution in [3.8, 4) is 11.5 Å². The number of benzene rings is 2. The van der Waals surface area contributed by atoms with E-state index >= 15 is 0 Å². The third-order valence-corrected chi connectivity index (χ3v) is 5.73. The van der Waals surface area contributed by atoms with E-state index < -0.39 is 5.60 Å². The lowest BCUT2D eigenvalue weighted by atomic mass is 9.79. The lowest BCUT2D eigenvalue weighted by molar-refractivity contribution is 0.0628. The van der Waals surface area contributed by atoms with Gasteiger partial charge in [0.05, 0.1) is 14.2 Å². The fourth-order valence-corrected chi connectivity index (χ4v) is 3.59. The van der Waals surface area contributed by atoms with E-state index in [9.17, 15) is 5.11 Å². The highest BCUT2D eigenvalue weighted by Crippen LogP contribution is 2.41. The molecule has 0 fully saturated rings. The fourth-order valence-electron chi connectivity index (χ4n) is 3.59. The number of ether oxygens (including phenoxy) is 2. The van der Waals surface area contributed by atoms with Gasteiger partial charge in [-0.25, -0.2) is 0 Å². The molecule has 2 aromatic carbocycles. The summed E-state index contributed by atoms with van der Waals surface area (Å²) in [6.07, 6.45) is 4.08. The topological polar surface area (TPSA) is 64.7 Å². The summed E-state index contributed by atoms with van der Waals surface area (Å²) in [4.78, 5) is 0. The van der Waals surface area contributed by atoms with Crippen molar-refractivity contribution in [2.75, 3.05) is 14.2 Å². The lowest BCUT2D eigenvalue weighted by Gasteiger charge is -2.33. The Morgan fingerprint density at radius 2 is 1.59 bits per heavy atom. The van der Waals surface area contributed by atoms with E-state index in [0.717, 1.165) is 31.2 Å². The molecule has 0 aliphatic rings. The van der Waals surface area contributed by atoms with Gasteiger partial charge in [0.2, 0.25) is 0 Å². The van der Waals surface area contributed by atoms with E-state index in [1.165, 1.54) is 0 Å². The van der Waals surface area contributed by atoms with Crippen LogP contribution in [0.5, 0.6) is 11.5 Å². The third-order valence-electron chi connectivity index (χ3n) is 5.73. The van der Waals surface area contributed by atoms with Crippen LogP contribution in [0, 0.1) is 0 Å². The van der Waals surface area contributed by atoms with Crippen LogP contribution in [0.2, 0.25) is 0 Å². The van der Waals surface area contributed by atoms with E-state index in [4.69, 9.17) is 15.2 Å². The van der Waals surface area contributed by atoms with Crippen molar-refractivity contribution in [3.05, 3.63) is 59.7 Å². The van der Waals surface area contributed by atoms with Gasteiger partial charge in [0.25, 0.3) is 0 Å². The average molecular weight is 372 g/mol. The number of hydrogen-bond donors (Lipinski definition) is 2. The molecule has 3 N–H and O–H groups in total. The molecule has 0 spiro atoms. The Hall–Kier alpha value is -2.04. The molecule has 0 aliphatic carbocycles. The first-order valence-electron chi connectivity index (χ1n) is 9.71. The Labute approximate surface area is 163 Å². The van der Waals surface area contributed by atoms with Crippen molar-refractivity contribution in [2.24, 2.45) is 5.73 Å². The fraction of sp³-hybridized carbons (Fsp3) is 0.478. The van der Waals surface area contributed by atoms with Gasteiger partial charge >= 0.3 is 0 Å². The first kappa shape index (κ1) is 21.3. The summed E-state index contributed by atoms with van der Waals surface area (Å²) in [6.45, 7) is 4.25. The molecule has 148 valence electrons. The van der Waals surface area contributed by atoms with Crippen LogP contribution < -0.4 is 15.2 Å². The molecule has 2 aromatic rings. The zero-order valence-electron chi connectivity index (χ0n) is 17.0. The molecular formula is C23H33NO3. The molecule has 2 rings (SSSR count). The number of hydrogen-bond acceptors (Lipinski definition) is 4. The Kier molecular flexibility index (Phi) is 7.28. The smallest absolute Gasteiger partial charge is 0.125 e. The molecule has 0 amide bonds. The second kappa shape index (κ2) is 9.25. The van der Waals surface area contributed by atoms with Crippen LogP contribution in [-0.4, -0.2) is 24.9 Å². The minimum atomic E-state index is -1.18. The van der Waals surface area contributed by atoms with Crippen molar-refractivity contribution in [1.29, 1.82) is 0 Å². The quantitative estimate of drug-likeness (QED) is 0.639. The summed E-state index contributed by atoms with van der Waals surface area (Å²) in [5.74, 6) is 1.34. The molecule has 4 heteroatoms. The highest BCUT2D eigenvalue weighted by atomic mass is 16.5. The van der Waals surface area contributed by atoms with Crippen molar-refractivity contribution in [2.45, 2.75) is 57.1 Å². The average Bonchev–Trinajstić information content (AvgIpc) is 2.73. The number of methoxy groups -OCH3 is 2. The molecular weight excluding hydrogens is 338 g/mol. The summed E-state index contributed by atoms with van der Waals surface area (Å²) in [5.41, 5.74) is 6.67. The molecule has 27 heavy (non-hydrogen) atoms. The Balaban J connectivity index is 2.43. The Morgan fingerprint density at radius 3 is 2.15 bits per heavy atom. The molecule has 1 atom stereocenters. The standard InChI is InChI=1S/C23H33NO3/c1-5-22(24,6-2)15-10-16-23(25,18-11-8-7-9-12-18)20-17-19(26-3)13-14-21(20)27-4/h7-9,11-14,17,25H,5-6,10,15-16,24H2,1-4H3. The third kappa shape index (κ3) is 4.82. The highest BCUT2D eigenvalue weighted by Gasteiger charge is 2.35. The van der Waals surface area contributed by atoms with E-state index in [2.05, 4.69) is 13.8 Å². The van der Waals surface area contributed by atoms with Crippen LogP contribution in [0.25, 0.3) is 0 Å². The predicted octanol–water partition coefficient (Wildman–Crippen LogP) is 4.63. The zero-order valence-corrected chi connectivity index (χ0v) is 17.0. The summed E-state index contributed by atoms with van der Waals surface area (Å²) in [7, 11) is 3.24. The van der Waals surface area contributed by atoms with Gasteiger partial charge in [0, 0.05) is 11.1 Å². The summed E-state index contributed by atoms with van der Waals surface area (Å²) < 4.78 is 11.0. The molecule has 0 saturated carbocycles. The van der Waals surface area contributed by atoms with Crippen LogP contribution in [0.15, 0.2) is 48.5 Å². The number of aliphatic hydroxyl groups is 1. The summed E-state index contributed by atoms with van der Waals surface area (Å²) in [6, 6.07) is 15.3. The zero-order chi connectivity index (χ0) is 19.9. The largest absolute Gasteiger partial charge is 0.497 e. The number of rotatable bonds is 10. The van der Waals surface area contributed by atoms with Gasteiger partial charge in [-0.15, -0.1) is 0 Å². The van der Waals surface area contributed by atoms with Crippen molar-refractivity contribution >= 4 is 0 Å². The molecule has 0 heterocycles. The highest BCUT2D eigenvalue weighted by molar-refractivity contribution is 5.48. The maximum Gasteiger partial charge on any atom is 0.125 e. The van der Waals surface area contributed by atoms with Gasteiger partial charge in [-0.2, -0.15) is 0 Å². The van der Waals surface area contributed by atoms with Crippen molar-refractivity contribution < 1.29 is 14.6 Å². The van der Waals surface area contributed by atoms with Crippen molar-refractivity contribution in [3.63, 3.8) is 0 Å². The Morgan fingerprint density at radius 1 is 0.926 bits per heavy atom. The SMILES string of the molecule is CCC(N)(CC)CCCC(O)(c1ccccc1)c1cc(OC)ccc1OC. The lowest BCUT2D eigenvalue weighted by Crippen LogP contribution is -2.39. The van der Waals surface area contributed by atoms with Gasteiger partial charge in [-0.1, -0.05) is 44.2 Å². The van der Waals surface area contributed by atoms with Gasteiger partial charge in [0.1, 0.15) is 17.1 Å². The van der Waals surface area contributed by atoms with E-state index in [-0.39, 0.29) is 5.54 Å². The van der Waals surface area contributed by atoms with E-state index in [1.54, 1.807) is 14.2 Å². The molecule has 0 aliphatic heterocycles. The van der Waals surface area contributed by atoms with Gasteiger partial charge in [0.15, 0.2) is 0 Å². The monoisotopic (exact) mass is 371 g/mol. The predicted molar refractivity (Wildman–Crippen MR) is 110 cm³/mol. The minimum absolute atomic E-state index is 0.184. The Bertz CT molecular complexity index is 713. The maximum atomic E-state index is 11.9. The van der Waals surface area contributed by atoms with E-state index in [1.807, 2.05) is 48.5 Å². The molecule has 4 nitrogen and oxygen atoms in total. The minimum Gasteiger partial charge on any atom is -0.497 e. The second-order valence-corrected chi connectivity index (χ2v) is 7.22. The molecule has 0 bridgehead atoms. The first-order chi connectivity index (χ1) is 12.9. The maximum absolute atomic E-state index is 11.9. The van der Waals surface area contributed by atoms with E-state index in [0.29, 0.717) is 23.5 Å². The van der Waals surface area contributed by atoms with Gasteiger partial charge in [-0.3, -0.25) is 0 Å². The van der Waals surface area contributed by atoms with Crippen LogP contribution in [0.3, 0.4) is 0 Å². The normalized spacial score (nSPS) is 13.9. The van der Waals surface area contributed by atoms with Gasteiger partial charge in [-0.05, 0) is 55.9 Å². The van der Waals surface area contributed by atoms with Crippen LogP contribution in [0.4, 0.5) is 0 Å². The summed E-state index contributed by atoms with van der Waals surface area (Å²) >= 11 is 0. The molecule has 0 radical (unpaired) electrons. The second-order valence-electron chi connectivity index (χ2n) is 7.22. The first-order valence-corrected chi connectivity index (χ1v) is 9.71.